The third-order valence-corrected chi connectivity index (χ3v) is 6.28. The van der Waals surface area contributed by atoms with E-state index >= 15 is 0 Å². The molecule has 0 bridgehead atoms. The normalized spacial score (nSPS) is 26.6. The van der Waals surface area contributed by atoms with Crippen LogP contribution in [-0.4, -0.2) is 17.4 Å². The van der Waals surface area contributed by atoms with Crippen LogP contribution in [0.2, 0.25) is 0 Å². The molecule has 1 aliphatic heterocycles. The van der Waals surface area contributed by atoms with Gasteiger partial charge in [0.1, 0.15) is 0 Å². The first kappa shape index (κ1) is 18.7. The van der Waals surface area contributed by atoms with Crippen LogP contribution in [0.4, 0.5) is 13.2 Å². The van der Waals surface area contributed by atoms with Crippen molar-refractivity contribution in [1.82, 2.24) is 0 Å². The first-order chi connectivity index (χ1) is 13.4. The first-order valence-electron chi connectivity index (χ1n) is 9.60. The number of hydrogen-bond acceptors (Lipinski definition) is 2. The van der Waals surface area contributed by atoms with Gasteiger partial charge in [-0.15, -0.1) is 0 Å². The summed E-state index contributed by atoms with van der Waals surface area (Å²) in [5, 5.41) is 9.59. The lowest BCUT2D eigenvalue weighted by molar-refractivity contribution is -0.157. The lowest BCUT2D eigenvalue weighted by atomic mass is 9.53. The van der Waals surface area contributed by atoms with Crippen molar-refractivity contribution < 1.29 is 13.2 Å². The maximum atomic E-state index is 13.8. The van der Waals surface area contributed by atoms with Crippen molar-refractivity contribution in [3.8, 4) is 6.07 Å². The fraction of sp³-hybridized carbons (Fsp3) is 0.391. The van der Waals surface area contributed by atoms with Crippen molar-refractivity contribution in [3.05, 3.63) is 71.3 Å². The Labute approximate surface area is 162 Å². The highest BCUT2D eigenvalue weighted by molar-refractivity contribution is 6.15. The average molecular weight is 382 g/mol. The van der Waals surface area contributed by atoms with Gasteiger partial charge in [-0.3, -0.25) is 4.99 Å². The standard InChI is InChI=1S/C23H21F3N2/c24-23(25,26)16-22-13-7-6-12-21(22,14-15-27)19-11-5-4-10-18(19)20(28-22)17-8-2-1-3-9-17/h1-5,8-11H,6-7,12-14,16H2. The molecule has 2 unspecified atom stereocenters. The molecule has 4 rings (SSSR count). The van der Waals surface area contributed by atoms with Gasteiger partial charge in [-0.05, 0) is 18.4 Å². The number of fused-ring (bicyclic) bond motifs is 3. The molecule has 0 spiro atoms. The SMILES string of the molecule is N#CCC12CCCCC1(CC(F)(F)F)N=C(c1ccccc1)c1ccccc12. The second-order valence-corrected chi connectivity index (χ2v) is 7.82. The van der Waals surface area contributed by atoms with Crippen LogP contribution in [0.25, 0.3) is 0 Å². The highest BCUT2D eigenvalue weighted by Gasteiger charge is 2.60. The molecule has 1 aliphatic carbocycles. The Kier molecular flexibility index (Phi) is 4.53. The third-order valence-electron chi connectivity index (χ3n) is 6.28. The highest BCUT2D eigenvalue weighted by atomic mass is 19.4. The van der Waals surface area contributed by atoms with Crippen LogP contribution >= 0.6 is 0 Å². The summed E-state index contributed by atoms with van der Waals surface area (Å²) in [4.78, 5) is 4.87. The summed E-state index contributed by atoms with van der Waals surface area (Å²) < 4.78 is 41.3. The zero-order chi connectivity index (χ0) is 19.8. The number of benzene rings is 2. The Hall–Kier alpha value is -2.61. The van der Waals surface area contributed by atoms with Gasteiger partial charge in [0.15, 0.2) is 0 Å². The molecule has 0 aromatic heterocycles. The van der Waals surface area contributed by atoms with Crippen LogP contribution in [0.3, 0.4) is 0 Å². The van der Waals surface area contributed by atoms with Gasteiger partial charge in [0.2, 0.25) is 0 Å². The molecule has 1 saturated carbocycles. The maximum Gasteiger partial charge on any atom is 0.391 e. The van der Waals surface area contributed by atoms with E-state index in [9.17, 15) is 18.4 Å². The Morgan fingerprint density at radius 1 is 0.964 bits per heavy atom. The molecule has 1 fully saturated rings. The number of aliphatic imine (C=N–C) groups is 1. The fourth-order valence-electron chi connectivity index (χ4n) is 5.17. The number of rotatable bonds is 3. The summed E-state index contributed by atoms with van der Waals surface area (Å²) in [5.74, 6) is 0. The van der Waals surface area contributed by atoms with Crippen LogP contribution in [0.15, 0.2) is 59.6 Å². The molecule has 0 radical (unpaired) electrons. The lowest BCUT2D eigenvalue weighted by Gasteiger charge is -2.54. The average Bonchev–Trinajstić information content (AvgIpc) is 2.68. The molecule has 0 N–H and O–H groups in total. The summed E-state index contributed by atoms with van der Waals surface area (Å²) in [6, 6.07) is 19.2. The van der Waals surface area contributed by atoms with Gasteiger partial charge < -0.3 is 0 Å². The Morgan fingerprint density at radius 2 is 1.64 bits per heavy atom. The molecular weight excluding hydrogens is 361 g/mol. The number of nitrogens with zero attached hydrogens (tertiary/aromatic N) is 2. The minimum absolute atomic E-state index is 0.0473. The van der Waals surface area contributed by atoms with Crippen LogP contribution in [-0.2, 0) is 5.41 Å². The van der Waals surface area contributed by atoms with Crippen molar-refractivity contribution in [1.29, 1.82) is 5.26 Å². The molecule has 0 amide bonds. The number of alkyl halides is 3. The summed E-state index contributed by atoms with van der Waals surface area (Å²) >= 11 is 0. The van der Waals surface area contributed by atoms with E-state index in [0.717, 1.165) is 23.1 Å². The predicted octanol–water partition coefficient (Wildman–Crippen LogP) is 5.95. The van der Waals surface area contributed by atoms with Gasteiger partial charge in [-0.2, -0.15) is 18.4 Å². The number of nitriles is 1. The molecule has 2 atom stereocenters. The van der Waals surface area contributed by atoms with Gasteiger partial charge in [-0.25, -0.2) is 0 Å². The van der Waals surface area contributed by atoms with Gasteiger partial charge in [0.25, 0.3) is 0 Å². The number of halogens is 3. The zero-order valence-electron chi connectivity index (χ0n) is 15.5. The summed E-state index contributed by atoms with van der Waals surface area (Å²) in [7, 11) is 0. The molecule has 144 valence electrons. The minimum Gasteiger partial charge on any atom is -0.276 e. The van der Waals surface area contributed by atoms with Crippen molar-refractivity contribution in [3.63, 3.8) is 0 Å². The third kappa shape index (κ3) is 2.92. The van der Waals surface area contributed by atoms with Gasteiger partial charge >= 0.3 is 6.18 Å². The molecule has 1 heterocycles. The Morgan fingerprint density at radius 3 is 2.36 bits per heavy atom. The second-order valence-electron chi connectivity index (χ2n) is 7.82. The minimum atomic E-state index is -4.35. The molecule has 0 saturated heterocycles. The van der Waals surface area contributed by atoms with E-state index in [4.69, 9.17) is 4.99 Å². The second kappa shape index (κ2) is 6.77. The van der Waals surface area contributed by atoms with Crippen LogP contribution in [0.5, 0.6) is 0 Å². The Balaban J connectivity index is 2.03. The molecule has 2 nitrogen and oxygen atoms in total. The molecule has 2 aromatic carbocycles. The van der Waals surface area contributed by atoms with Crippen molar-refractivity contribution in [2.24, 2.45) is 4.99 Å². The van der Waals surface area contributed by atoms with Gasteiger partial charge in [-0.1, -0.05) is 67.4 Å². The van der Waals surface area contributed by atoms with Crippen molar-refractivity contribution >= 4 is 5.71 Å². The first-order valence-corrected chi connectivity index (χ1v) is 9.60. The summed E-state index contributed by atoms with van der Waals surface area (Å²) in [5.41, 5.74) is 0.880. The molecule has 5 heteroatoms. The van der Waals surface area contributed by atoms with Crippen molar-refractivity contribution in [2.75, 3.05) is 0 Å². The van der Waals surface area contributed by atoms with Gasteiger partial charge in [0.05, 0.1) is 23.7 Å². The monoisotopic (exact) mass is 382 g/mol. The van der Waals surface area contributed by atoms with E-state index in [-0.39, 0.29) is 6.42 Å². The van der Waals surface area contributed by atoms with Crippen LogP contribution < -0.4 is 0 Å². The summed E-state index contributed by atoms with van der Waals surface area (Å²) in [6.07, 6.45) is -2.89. The largest absolute Gasteiger partial charge is 0.391 e. The van der Waals surface area contributed by atoms with E-state index in [1.165, 1.54) is 0 Å². The van der Waals surface area contributed by atoms with Crippen LogP contribution in [0.1, 0.15) is 55.2 Å². The molecule has 2 aromatic rings. The van der Waals surface area contributed by atoms with E-state index < -0.39 is 23.6 Å². The van der Waals surface area contributed by atoms with E-state index in [2.05, 4.69) is 6.07 Å². The van der Waals surface area contributed by atoms with E-state index in [1.54, 1.807) is 0 Å². The molecule has 2 aliphatic rings. The fourth-order valence-corrected chi connectivity index (χ4v) is 5.17. The van der Waals surface area contributed by atoms with Crippen molar-refractivity contribution in [2.45, 2.75) is 55.7 Å². The highest BCUT2D eigenvalue weighted by Crippen LogP contribution is 2.58. The lowest BCUT2D eigenvalue weighted by Crippen LogP contribution is -2.57. The molecular formula is C23H21F3N2. The smallest absolute Gasteiger partial charge is 0.276 e. The quantitative estimate of drug-likeness (QED) is 0.646. The van der Waals surface area contributed by atoms with E-state index in [1.807, 2.05) is 54.6 Å². The summed E-state index contributed by atoms with van der Waals surface area (Å²) in [6.45, 7) is 0. The zero-order valence-corrected chi connectivity index (χ0v) is 15.5. The van der Waals surface area contributed by atoms with E-state index in [0.29, 0.717) is 25.0 Å². The molecule has 28 heavy (non-hydrogen) atoms. The number of hydrogen-bond donors (Lipinski definition) is 0. The maximum absolute atomic E-state index is 13.8. The van der Waals surface area contributed by atoms with Gasteiger partial charge in [0, 0.05) is 23.0 Å². The predicted molar refractivity (Wildman–Crippen MR) is 102 cm³/mol. The van der Waals surface area contributed by atoms with Crippen LogP contribution in [0, 0.1) is 11.3 Å². The topological polar surface area (TPSA) is 36.1 Å². The Bertz CT molecular complexity index is 942.